The van der Waals surface area contributed by atoms with Crippen LogP contribution in [0.2, 0.25) is 0 Å². The molecule has 3 aromatic rings. The van der Waals surface area contributed by atoms with Crippen molar-refractivity contribution in [3.8, 4) is 5.69 Å². The molecule has 0 fully saturated rings. The quantitative estimate of drug-likeness (QED) is 0.743. The smallest absolute Gasteiger partial charge is 0.251 e. The van der Waals surface area contributed by atoms with Gasteiger partial charge in [-0.3, -0.25) is 9.36 Å². The SMILES string of the molecule is C[C@@H](NC(=O)c1ccc(-n2cnnc2)cc1)[C@@H](c1ccccc1)N(C)C. The van der Waals surface area contributed by atoms with Gasteiger partial charge in [-0.2, -0.15) is 0 Å². The Bertz CT molecular complexity index is 828. The molecule has 0 bridgehead atoms. The molecule has 26 heavy (non-hydrogen) atoms. The third-order valence-corrected chi connectivity index (χ3v) is 4.38. The van der Waals surface area contributed by atoms with Crippen molar-refractivity contribution < 1.29 is 4.79 Å². The second kappa shape index (κ2) is 7.93. The summed E-state index contributed by atoms with van der Waals surface area (Å²) in [5, 5.41) is 10.7. The van der Waals surface area contributed by atoms with E-state index < -0.39 is 0 Å². The second-order valence-corrected chi connectivity index (χ2v) is 6.50. The molecule has 0 saturated carbocycles. The molecule has 0 unspecified atom stereocenters. The van der Waals surface area contributed by atoms with E-state index in [-0.39, 0.29) is 18.0 Å². The fraction of sp³-hybridized carbons (Fsp3) is 0.250. The van der Waals surface area contributed by atoms with Gasteiger partial charge in [0.05, 0.1) is 6.04 Å². The number of rotatable bonds is 6. The standard InChI is InChI=1S/C20H23N5O/c1-15(19(24(2)3)16-7-5-4-6-8-16)23-20(26)17-9-11-18(12-10-17)25-13-21-22-14-25/h4-15,19H,1-3H3,(H,23,26)/t15-,19+/m1/s1. The average molecular weight is 349 g/mol. The first-order chi connectivity index (χ1) is 12.6. The number of carbonyl (C=O) groups is 1. The van der Waals surface area contributed by atoms with Gasteiger partial charge in [0.25, 0.3) is 5.91 Å². The molecule has 1 N–H and O–H groups in total. The first kappa shape index (κ1) is 17.8. The molecular weight excluding hydrogens is 326 g/mol. The van der Waals surface area contributed by atoms with Gasteiger partial charge in [-0.15, -0.1) is 10.2 Å². The Morgan fingerprint density at radius 1 is 1.00 bits per heavy atom. The normalized spacial score (nSPS) is 13.4. The highest BCUT2D eigenvalue weighted by Crippen LogP contribution is 2.22. The number of hydrogen-bond donors (Lipinski definition) is 1. The number of aromatic nitrogens is 3. The van der Waals surface area contributed by atoms with Crippen LogP contribution in [-0.2, 0) is 0 Å². The van der Waals surface area contributed by atoms with E-state index in [1.165, 1.54) is 5.56 Å². The van der Waals surface area contributed by atoms with Gasteiger partial charge in [-0.05, 0) is 50.8 Å². The molecule has 6 heteroatoms. The van der Waals surface area contributed by atoms with Gasteiger partial charge < -0.3 is 10.2 Å². The summed E-state index contributed by atoms with van der Waals surface area (Å²) in [5.41, 5.74) is 2.71. The molecule has 0 aliphatic carbocycles. The summed E-state index contributed by atoms with van der Waals surface area (Å²) in [4.78, 5) is 14.8. The largest absolute Gasteiger partial charge is 0.348 e. The predicted octanol–water partition coefficient (Wildman–Crippen LogP) is 2.69. The first-order valence-electron chi connectivity index (χ1n) is 8.53. The minimum Gasteiger partial charge on any atom is -0.348 e. The highest BCUT2D eigenvalue weighted by Gasteiger charge is 2.23. The zero-order valence-electron chi connectivity index (χ0n) is 15.2. The molecule has 1 amide bonds. The van der Waals surface area contributed by atoms with Crippen molar-refractivity contribution in [2.24, 2.45) is 0 Å². The van der Waals surface area contributed by atoms with Crippen LogP contribution >= 0.6 is 0 Å². The van der Waals surface area contributed by atoms with Crippen LogP contribution in [-0.4, -0.2) is 45.7 Å². The van der Waals surface area contributed by atoms with E-state index in [1.807, 2.05) is 63.5 Å². The van der Waals surface area contributed by atoms with Crippen molar-refractivity contribution in [3.63, 3.8) is 0 Å². The molecular formula is C20H23N5O. The van der Waals surface area contributed by atoms with Crippen LogP contribution in [0.25, 0.3) is 5.69 Å². The van der Waals surface area contributed by atoms with Crippen molar-refractivity contribution >= 4 is 5.91 Å². The van der Waals surface area contributed by atoms with E-state index in [2.05, 4.69) is 32.5 Å². The van der Waals surface area contributed by atoms with Crippen LogP contribution in [0.4, 0.5) is 0 Å². The molecule has 0 spiro atoms. The number of nitrogens with zero attached hydrogens (tertiary/aromatic N) is 4. The number of nitrogens with one attached hydrogen (secondary N) is 1. The van der Waals surface area contributed by atoms with Gasteiger partial charge in [0, 0.05) is 17.3 Å². The van der Waals surface area contributed by atoms with Crippen molar-refractivity contribution in [3.05, 3.63) is 78.4 Å². The summed E-state index contributed by atoms with van der Waals surface area (Å²) in [6.45, 7) is 2.03. The van der Waals surface area contributed by atoms with Crippen LogP contribution in [0, 0.1) is 0 Å². The van der Waals surface area contributed by atoms with Gasteiger partial charge in [-0.25, -0.2) is 0 Å². The Morgan fingerprint density at radius 3 is 2.19 bits per heavy atom. The monoisotopic (exact) mass is 349 g/mol. The zero-order valence-corrected chi connectivity index (χ0v) is 15.2. The lowest BCUT2D eigenvalue weighted by atomic mass is 9.99. The molecule has 2 aromatic carbocycles. The maximum absolute atomic E-state index is 12.7. The molecule has 0 aliphatic heterocycles. The van der Waals surface area contributed by atoms with Gasteiger partial charge >= 0.3 is 0 Å². The minimum absolute atomic E-state index is 0.0441. The maximum Gasteiger partial charge on any atom is 0.251 e. The first-order valence-corrected chi connectivity index (χ1v) is 8.53. The van der Waals surface area contributed by atoms with Crippen LogP contribution in [0.15, 0.2) is 67.3 Å². The van der Waals surface area contributed by atoms with E-state index in [9.17, 15) is 4.79 Å². The summed E-state index contributed by atoms with van der Waals surface area (Å²) < 4.78 is 1.79. The topological polar surface area (TPSA) is 63.1 Å². The fourth-order valence-corrected chi connectivity index (χ4v) is 3.17. The fourth-order valence-electron chi connectivity index (χ4n) is 3.17. The third-order valence-electron chi connectivity index (χ3n) is 4.38. The summed E-state index contributed by atoms with van der Waals surface area (Å²) in [6, 6.07) is 17.6. The van der Waals surface area contributed by atoms with Gasteiger partial charge in [0.2, 0.25) is 0 Å². The second-order valence-electron chi connectivity index (χ2n) is 6.50. The molecule has 0 aliphatic rings. The van der Waals surface area contributed by atoms with Crippen LogP contribution < -0.4 is 5.32 Å². The molecule has 0 saturated heterocycles. The van der Waals surface area contributed by atoms with Crippen LogP contribution in [0.3, 0.4) is 0 Å². The average Bonchev–Trinajstić information content (AvgIpc) is 3.17. The molecule has 1 aromatic heterocycles. The summed E-state index contributed by atoms with van der Waals surface area (Å²) in [6.07, 6.45) is 3.25. The van der Waals surface area contributed by atoms with Crippen molar-refractivity contribution in [1.29, 1.82) is 0 Å². The zero-order chi connectivity index (χ0) is 18.5. The predicted molar refractivity (Wildman–Crippen MR) is 101 cm³/mol. The summed E-state index contributed by atoms with van der Waals surface area (Å²) >= 11 is 0. The Kier molecular flexibility index (Phi) is 5.43. The summed E-state index contributed by atoms with van der Waals surface area (Å²) in [5.74, 6) is -0.0874. The lowest BCUT2D eigenvalue weighted by molar-refractivity contribution is 0.0915. The van der Waals surface area contributed by atoms with E-state index in [4.69, 9.17) is 0 Å². The molecule has 1 heterocycles. The number of hydrogen-bond acceptors (Lipinski definition) is 4. The Labute approximate surface area is 153 Å². The van der Waals surface area contributed by atoms with Crippen LogP contribution in [0.5, 0.6) is 0 Å². The number of likely N-dealkylation sites (N-methyl/N-ethyl adjacent to an activating group) is 1. The Balaban J connectivity index is 1.72. The Hall–Kier alpha value is -2.99. The maximum atomic E-state index is 12.7. The lowest BCUT2D eigenvalue weighted by Gasteiger charge is -2.31. The molecule has 0 radical (unpaired) electrons. The lowest BCUT2D eigenvalue weighted by Crippen LogP contribution is -2.42. The van der Waals surface area contributed by atoms with Crippen LogP contribution in [0.1, 0.15) is 28.9 Å². The minimum atomic E-state index is -0.0874. The highest BCUT2D eigenvalue weighted by atomic mass is 16.1. The summed E-state index contributed by atoms with van der Waals surface area (Å²) in [7, 11) is 4.04. The van der Waals surface area contributed by atoms with Crippen molar-refractivity contribution in [2.75, 3.05) is 14.1 Å². The highest BCUT2D eigenvalue weighted by molar-refractivity contribution is 5.94. The van der Waals surface area contributed by atoms with E-state index >= 15 is 0 Å². The number of amides is 1. The molecule has 134 valence electrons. The number of carbonyl (C=O) groups excluding carboxylic acids is 1. The van der Waals surface area contributed by atoms with E-state index in [0.29, 0.717) is 5.56 Å². The van der Waals surface area contributed by atoms with E-state index in [0.717, 1.165) is 5.69 Å². The van der Waals surface area contributed by atoms with Gasteiger partial charge in [-0.1, -0.05) is 30.3 Å². The van der Waals surface area contributed by atoms with Crippen molar-refractivity contribution in [2.45, 2.75) is 19.0 Å². The third kappa shape index (κ3) is 3.97. The molecule has 2 atom stereocenters. The Morgan fingerprint density at radius 2 is 1.62 bits per heavy atom. The number of benzene rings is 2. The van der Waals surface area contributed by atoms with E-state index in [1.54, 1.807) is 17.2 Å². The molecule has 3 rings (SSSR count). The van der Waals surface area contributed by atoms with Gasteiger partial charge in [0.1, 0.15) is 12.7 Å². The van der Waals surface area contributed by atoms with Gasteiger partial charge in [0.15, 0.2) is 0 Å². The molecule has 6 nitrogen and oxygen atoms in total. The van der Waals surface area contributed by atoms with Crippen molar-refractivity contribution in [1.82, 2.24) is 25.0 Å².